The summed E-state index contributed by atoms with van der Waals surface area (Å²) < 4.78 is 5.45. The lowest BCUT2D eigenvalue weighted by atomic mass is 10.2. The Labute approximate surface area is 131 Å². The summed E-state index contributed by atoms with van der Waals surface area (Å²) in [6.45, 7) is 2.28. The second-order valence-corrected chi connectivity index (χ2v) is 6.09. The number of carbonyl (C=O) groups is 3. The van der Waals surface area contributed by atoms with Crippen LogP contribution in [0.4, 0.5) is 16.2 Å². The SMILES string of the molecule is C[C@@H]1Oc2ccc(NC(=O)CN3CCSC3=O)cc2NC1=O. The Bertz CT molecular complexity index is 649. The number of ether oxygens (including phenoxy) is 1. The van der Waals surface area contributed by atoms with Crippen LogP contribution in [-0.2, 0) is 9.59 Å². The van der Waals surface area contributed by atoms with Gasteiger partial charge in [0.15, 0.2) is 6.10 Å². The first-order valence-electron chi connectivity index (χ1n) is 6.86. The molecule has 22 heavy (non-hydrogen) atoms. The van der Waals surface area contributed by atoms with Crippen molar-refractivity contribution in [2.24, 2.45) is 0 Å². The number of rotatable bonds is 3. The second kappa shape index (κ2) is 5.88. The quantitative estimate of drug-likeness (QED) is 0.881. The Morgan fingerprint density at radius 2 is 2.32 bits per heavy atom. The van der Waals surface area contributed by atoms with Gasteiger partial charge < -0.3 is 20.3 Å². The number of nitrogens with one attached hydrogen (secondary N) is 2. The van der Waals surface area contributed by atoms with E-state index in [0.29, 0.717) is 29.4 Å². The molecule has 1 saturated heterocycles. The zero-order chi connectivity index (χ0) is 15.7. The summed E-state index contributed by atoms with van der Waals surface area (Å²) in [6.07, 6.45) is -0.536. The minimum absolute atomic E-state index is 0.0306. The van der Waals surface area contributed by atoms with Gasteiger partial charge in [-0.3, -0.25) is 14.4 Å². The van der Waals surface area contributed by atoms with Gasteiger partial charge in [-0.1, -0.05) is 11.8 Å². The van der Waals surface area contributed by atoms with Crippen molar-refractivity contribution in [3.63, 3.8) is 0 Å². The highest BCUT2D eigenvalue weighted by Crippen LogP contribution is 2.32. The van der Waals surface area contributed by atoms with E-state index in [9.17, 15) is 14.4 Å². The summed E-state index contributed by atoms with van der Waals surface area (Å²) in [5.74, 6) is 0.783. The van der Waals surface area contributed by atoms with Gasteiger partial charge in [-0.05, 0) is 25.1 Å². The zero-order valence-corrected chi connectivity index (χ0v) is 12.7. The van der Waals surface area contributed by atoms with Gasteiger partial charge >= 0.3 is 0 Å². The molecule has 0 aliphatic carbocycles. The largest absolute Gasteiger partial charge is 0.479 e. The molecule has 116 valence electrons. The smallest absolute Gasteiger partial charge is 0.282 e. The van der Waals surface area contributed by atoms with Gasteiger partial charge in [-0.15, -0.1) is 0 Å². The third kappa shape index (κ3) is 3.01. The van der Waals surface area contributed by atoms with Crippen LogP contribution >= 0.6 is 11.8 Å². The van der Waals surface area contributed by atoms with Crippen LogP contribution in [0.3, 0.4) is 0 Å². The molecular weight excluding hydrogens is 306 g/mol. The lowest BCUT2D eigenvalue weighted by Crippen LogP contribution is -2.34. The number of fused-ring (bicyclic) bond motifs is 1. The van der Waals surface area contributed by atoms with Crippen molar-refractivity contribution < 1.29 is 19.1 Å². The molecule has 1 aromatic rings. The maximum Gasteiger partial charge on any atom is 0.282 e. The lowest BCUT2D eigenvalue weighted by molar-refractivity contribution is -0.122. The topological polar surface area (TPSA) is 87.7 Å². The number of carbonyl (C=O) groups excluding carboxylic acids is 3. The third-order valence-electron chi connectivity index (χ3n) is 3.37. The van der Waals surface area contributed by atoms with Gasteiger partial charge in [0, 0.05) is 18.0 Å². The van der Waals surface area contributed by atoms with E-state index in [1.165, 1.54) is 16.7 Å². The van der Waals surface area contributed by atoms with Gasteiger partial charge in [0.1, 0.15) is 12.3 Å². The number of anilines is 2. The van der Waals surface area contributed by atoms with E-state index < -0.39 is 6.10 Å². The first-order chi connectivity index (χ1) is 10.5. The van der Waals surface area contributed by atoms with E-state index in [1.807, 2.05) is 0 Å². The molecule has 1 atom stereocenters. The Morgan fingerprint density at radius 3 is 3.05 bits per heavy atom. The fraction of sp³-hybridized carbons (Fsp3) is 0.357. The Hall–Kier alpha value is -2.22. The Balaban J connectivity index is 1.66. The standard InChI is InChI=1S/C14H15N3O4S/c1-8-13(19)16-10-6-9(2-3-11(10)21-8)15-12(18)7-17-4-5-22-14(17)20/h2-3,6,8H,4-5,7H2,1H3,(H,15,18)(H,16,19)/t8-/m0/s1. The maximum atomic E-state index is 12.0. The highest BCUT2D eigenvalue weighted by Gasteiger charge is 2.25. The summed E-state index contributed by atoms with van der Waals surface area (Å²) in [7, 11) is 0. The van der Waals surface area contributed by atoms with Crippen LogP contribution in [0.5, 0.6) is 5.75 Å². The number of hydrogen-bond donors (Lipinski definition) is 2. The third-order valence-corrected chi connectivity index (χ3v) is 4.27. The van der Waals surface area contributed by atoms with Crippen molar-refractivity contribution in [2.75, 3.05) is 29.5 Å². The normalized spacial score (nSPS) is 20.2. The molecule has 2 aliphatic rings. The first-order valence-corrected chi connectivity index (χ1v) is 7.84. The molecule has 1 fully saturated rings. The molecule has 1 aromatic carbocycles. The Morgan fingerprint density at radius 1 is 1.50 bits per heavy atom. The fourth-order valence-corrected chi connectivity index (χ4v) is 3.05. The number of thioether (sulfide) groups is 1. The van der Waals surface area contributed by atoms with Crippen LogP contribution in [0.2, 0.25) is 0 Å². The molecule has 8 heteroatoms. The van der Waals surface area contributed by atoms with Gasteiger partial charge in [0.05, 0.1) is 5.69 Å². The van der Waals surface area contributed by atoms with Crippen LogP contribution in [0.25, 0.3) is 0 Å². The summed E-state index contributed by atoms with van der Waals surface area (Å²) in [4.78, 5) is 36.5. The van der Waals surface area contributed by atoms with E-state index in [1.54, 1.807) is 25.1 Å². The van der Waals surface area contributed by atoms with Gasteiger partial charge in [-0.2, -0.15) is 0 Å². The van der Waals surface area contributed by atoms with Gasteiger partial charge in [0.25, 0.3) is 11.1 Å². The first kappa shape index (κ1) is 14.7. The highest BCUT2D eigenvalue weighted by atomic mass is 32.2. The molecule has 3 amide bonds. The van der Waals surface area contributed by atoms with E-state index in [0.717, 1.165) is 0 Å². The van der Waals surface area contributed by atoms with Gasteiger partial charge in [-0.25, -0.2) is 0 Å². The predicted molar refractivity (Wildman–Crippen MR) is 83.2 cm³/mol. The maximum absolute atomic E-state index is 12.0. The molecule has 0 unspecified atom stereocenters. The molecule has 3 rings (SSSR count). The zero-order valence-electron chi connectivity index (χ0n) is 11.9. The average Bonchev–Trinajstić information content (AvgIpc) is 2.86. The molecule has 7 nitrogen and oxygen atoms in total. The lowest BCUT2D eigenvalue weighted by Gasteiger charge is -2.23. The summed E-state index contributed by atoms with van der Waals surface area (Å²) >= 11 is 1.22. The molecule has 2 heterocycles. The minimum Gasteiger partial charge on any atom is -0.479 e. The minimum atomic E-state index is -0.536. The molecule has 0 bridgehead atoms. The van der Waals surface area contributed by atoms with Crippen LogP contribution in [0, 0.1) is 0 Å². The van der Waals surface area contributed by atoms with E-state index in [2.05, 4.69) is 10.6 Å². The van der Waals surface area contributed by atoms with Crippen molar-refractivity contribution in [2.45, 2.75) is 13.0 Å². The van der Waals surface area contributed by atoms with Crippen molar-refractivity contribution in [3.8, 4) is 5.75 Å². The molecular formula is C14H15N3O4S. The summed E-state index contributed by atoms with van der Waals surface area (Å²) in [6, 6.07) is 5.02. The monoisotopic (exact) mass is 321 g/mol. The summed E-state index contributed by atoms with van der Waals surface area (Å²) in [5.41, 5.74) is 1.07. The van der Waals surface area contributed by atoms with Crippen LogP contribution in [0.1, 0.15) is 6.92 Å². The van der Waals surface area contributed by atoms with Gasteiger partial charge in [0.2, 0.25) is 5.91 Å². The van der Waals surface area contributed by atoms with Crippen LogP contribution < -0.4 is 15.4 Å². The van der Waals surface area contributed by atoms with Crippen molar-refractivity contribution in [3.05, 3.63) is 18.2 Å². The molecule has 0 spiro atoms. The molecule has 2 N–H and O–H groups in total. The molecule has 0 aromatic heterocycles. The number of benzene rings is 1. The van der Waals surface area contributed by atoms with Crippen molar-refractivity contribution in [1.29, 1.82) is 0 Å². The fourth-order valence-electron chi connectivity index (χ4n) is 2.23. The van der Waals surface area contributed by atoms with Crippen LogP contribution in [0.15, 0.2) is 18.2 Å². The molecule has 2 aliphatic heterocycles. The Kier molecular flexibility index (Phi) is 3.93. The van der Waals surface area contributed by atoms with Crippen LogP contribution in [-0.4, -0.2) is 46.9 Å². The number of amides is 3. The number of hydrogen-bond acceptors (Lipinski definition) is 5. The second-order valence-electron chi connectivity index (χ2n) is 5.04. The summed E-state index contributed by atoms with van der Waals surface area (Å²) in [5, 5.41) is 5.36. The van der Waals surface area contributed by atoms with E-state index >= 15 is 0 Å². The van der Waals surface area contributed by atoms with Crippen molar-refractivity contribution in [1.82, 2.24) is 4.90 Å². The molecule has 0 radical (unpaired) electrons. The predicted octanol–water partition coefficient (Wildman–Crippen LogP) is 1.51. The number of nitrogens with zero attached hydrogens (tertiary/aromatic N) is 1. The van der Waals surface area contributed by atoms with E-state index in [-0.39, 0.29) is 23.6 Å². The van der Waals surface area contributed by atoms with Crippen molar-refractivity contribution >= 4 is 40.2 Å². The molecule has 0 saturated carbocycles. The average molecular weight is 321 g/mol. The highest BCUT2D eigenvalue weighted by molar-refractivity contribution is 8.13. The van der Waals surface area contributed by atoms with E-state index in [4.69, 9.17) is 4.74 Å².